The first-order valence-electron chi connectivity index (χ1n) is 5.60. The summed E-state index contributed by atoms with van der Waals surface area (Å²) in [5.41, 5.74) is 0.783. The van der Waals surface area contributed by atoms with Crippen LogP contribution in [-0.4, -0.2) is 21.3 Å². The molecule has 1 aromatic heterocycles. The monoisotopic (exact) mass is 340 g/mol. The molecule has 104 valence electrons. The van der Waals surface area contributed by atoms with E-state index in [4.69, 9.17) is 4.74 Å². The third-order valence-corrected chi connectivity index (χ3v) is 3.23. The lowest BCUT2D eigenvalue weighted by Crippen LogP contribution is -2.08. The van der Waals surface area contributed by atoms with E-state index in [2.05, 4.69) is 26.1 Å². The lowest BCUT2D eigenvalue weighted by molar-refractivity contribution is 0.0691. The highest BCUT2D eigenvalue weighted by atomic mass is 79.9. The minimum atomic E-state index is -1.20. The molecular formula is C13H10BrFN2O3. The van der Waals surface area contributed by atoms with E-state index >= 15 is 0 Å². The van der Waals surface area contributed by atoms with Gasteiger partial charge < -0.3 is 9.84 Å². The van der Waals surface area contributed by atoms with Crippen LogP contribution in [0.1, 0.15) is 21.6 Å². The molecule has 0 amide bonds. The number of ether oxygens (including phenoxy) is 1. The van der Waals surface area contributed by atoms with Gasteiger partial charge in [-0.25, -0.2) is 9.18 Å². The lowest BCUT2D eigenvalue weighted by Gasteiger charge is -2.10. The van der Waals surface area contributed by atoms with Crippen molar-refractivity contribution in [3.05, 3.63) is 45.3 Å². The first kappa shape index (κ1) is 14.4. The van der Waals surface area contributed by atoms with E-state index in [-0.39, 0.29) is 17.2 Å². The van der Waals surface area contributed by atoms with Gasteiger partial charge in [-0.1, -0.05) is 15.9 Å². The van der Waals surface area contributed by atoms with Gasteiger partial charge in [-0.3, -0.25) is 0 Å². The molecule has 0 aliphatic heterocycles. The molecule has 20 heavy (non-hydrogen) atoms. The summed E-state index contributed by atoms with van der Waals surface area (Å²) < 4.78 is 19.5. The van der Waals surface area contributed by atoms with Crippen LogP contribution in [0.25, 0.3) is 0 Å². The molecule has 2 aromatic rings. The molecule has 2 rings (SSSR count). The lowest BCUT2D eigenvalue weighted by atomic mass is 10.1. The van der Waals surface area contributed by atoms with E-state index in [1.807, 2.05) is 0 Å². The number of hydrogen-bond donors (Lipinski definition) is 1. The molecule has 1 aromatic carbocycles. The molecule has 0 saturated heterocycles. The number of carbonyl (C=O) groups is 1. The molecule has 0 atom stereocenters. The van der Waals surface area contributed by atoms with Crippen LogP contribution < -0.4 is 4.74 Å². The van der Waals surface area contributed by atoms with Crippen molar-refractivity contribution < 1.29 is 19.0 Å². The van der Waals surface area contributed by atoms with E-state index in [9.17, 15) is 14.3 Å². The van der Waals surface area contributed by atoms with Crippen LogP contribution in [0.2, 0.25) is 0 Å². The Bertz CT molecular complexity index is 692. The van der Waals surface area contributed by atoms with Crippen molar-refractivity contribution in [3.8, 4) is 11.6 Å². The predicted octanol–water partition coefficient (Wildman–Crippen LogP) is 3.49. The van der Waals surface area contributed by atoms with Gasteiger partial charge in [-0.05, 0) is 37.6 Å². The van der Waals surface area contributed by atoms with Crippen LogP contribution in [-0.2, 0) is 0 Å². The van der Waals surface area contributed by atoms with Crippen molar-refractivity contribution in [1.29, 1.82) is 0 Å². The Morgan fingerprint density at radius 2 is 2.05 bits per heavy atom. The fourth-order valence-corrected chi connectivity index (χ4v) is 1.91. The third-order valence-electron chi connectivity index (χ3n) is 2.74. The summed E-state index contributed by atoms with van der Waals surface area (Å²) in [6.07, 6.45) is 0. The number of nitrogens with zero attached hydrogens (tertiary/aromatic N) is 2. The van der Waals surface area contributed by atoms with Crippen LogP contribution in [0.15, 0.2) is 22.7 Å². The van der Waals surface area contributed by atoms with Crippen LogP contribution >= 0.6 is 15.9 Å². The second-order valence-corrected chi connectivity index (χ2v) is 4.99. The number of aryl methyl sites for hydroxylation is 1. The Kier molecular flexibility index (Phi) is 3.99. The van der Waals surface area contributed by atoms with Crippen molar-refractivity contribution in [2.24, 2.45) is 0 Å². The summed E-state index contributed by atoms with van der Waals surface area (Å²) in [4.78, 5) is 11.3. The van der Waals surface area contributed by atoms with Crippen molar-refractivity contribution in [1.82, 2.24) is 10.2 Å². The van der Waals surface area contributed by atoms with Gasteiger partial charge in [0.05, 0.1) is 5.69 Å². The highest BCUT2D eigenvalue weighted by Crippen LogP contribution is 2.29. The number of carboxylic acids is 1. The Balaban J connectivity index is 2.48. The van der Waals surface area contributed by atoms with Crippen LogP contribution in [0, 0.1) is 19.7 Å². The average Bonchev–Trinajstić information content (AvgIpc) is 2.36. The summed E-state index contributed by atoms with van der Waals surface area (Å²) in [6.45, 7) is 3.23. The normalized spacial score (nSPS) is 10.4. The molecule has 1 N–H and O–H groups in total. The maximum absolute atomic E-state index is 13.7. The van der Waals surface area contributed by atoms with Crippen molar-refractivity contribution >= 4 is 21.9 Å². The summed E-state index contributed by atoms with van der Waals surface area (Å²) in [7, 11) is 0. The van der Waals surface area contributed by atoms with Gasteiger partial charge in [-0.2, -0.15) is 5.10 Å². The zero-order chi connectivity index (χ0) is 14.9. The van der Waals surface area contributed by atoms with Gasteiger partial charge in [0.1, 0.15) is 5.56 Å². The van der Waals surface area contributed by atoms with Gasteiger partial charge in [0, 0.05) is 4.47 Å². The first-order valence-corrected chi connectivity index (χ1v) is 6.39. The van der Waals surface area contributed by atoms with Gasteiger partial charge in [0.15, 0.2) is 11.6 Å². The topological polar surface area (TPSA) is 72.3 Å². The molecule has 5 nitrogen and oxygen atoms in total. The summed E-state index contributed by atoms with van der Waals surface area (Å²) in [5, 5.41) is 16.7. The highest BCUT2D eigenvalue weighted by Gasteiger charge is 2.20. The first-order chi connectivity index (χ1) is 9.40. The average molecular weight is 341 g/mol. The van der Waals surface area contributed by atoms with Crippen LogP contribution in [0.3, 0.4) is 0 Å². The summed E-state index contributed by atoms with van der Waals surface area (Å²) in [5.74, 6) is -2.18. The van der Waals surface area contributed by atoms with Crippen molar-refractivity contribution in [3.63, 3.8) is 0 Å². The zero-order valence-corrected chi connectivity index (χ0v) is 12.2. The van der Waals surface area contributed by atoms with Gasteiger partial charge >= 0.3 is 5.97 Å². The SMILES string of the molecule is Cc1nnc(Oc2ccc(Br)cc2F)c(C(=O)O)c1C. The van der Waals surface area contributed by atoms with E-state index in [0.29, 0.717) is 15.7 Å². The Morgan fingerprint density at radius 1 is 1.35 bits per heavy atom. The Labute approximate surface area is 122 Å². The third kappa shape index (κ3) is 2.77. The molecule has 0 unspecified atom stereocenters. The largest absolute Gasteiger partial charge is 0.477 e. The van der Waals surface area contributed by atoms with Crippen molar-refractivity contribution in [2.75, 3.05) is 0 Å². The standard InChI is InChI=1S/C13H10BrFN2O3/c1-6-7(2)16-17-12(11(6)13(18)19)20-10-4-3-8(14)5-9(10)15/h3-5H,1-2H3,(H,18,19). The quantitative estimate of drug-likeness (QED) is 0.925. The number of hydrogen-bond acceptors (Lipinski definition) is 4. The van der Waals surface area contributed by atoms with Crippen LogP contribution in [0.5, 0.6) is 11.6 Å². The molecule has 0 fully saturated rings. The number of halogens is 2. The number of aromatic nitrogens is 2. The van der Waals surface area contributed by atoms with Gasteiger partial charge in [0.25, 0.3) is 5.88 Å². The number of aromatic carboxylic acids is 1. The molecule has 0 radical (unpaired) electrons. The van der Waals surface area contributed by atoms with Gasteiger partial charge in [0.2, 0.25) is 0 Å². The second-order valence-electron chi connectivity index (χ2n) is 4.07. The molecule has 0 spiro atoms. The molecule has 0 bridgehead atoms. The number of carboxylic acid groups (broad SMARTS) is 1. The Hall–Kier alpha value is -2.02. The second kappa shape index (κ2) is 5.54. The van der Waals surface area contributed by atoms with Crippen LogP contribution in [0.4, 0.5) is 4.39 Å². The zero-order valence-electron chi connectivity index (χ0n) is 10.6. The van der Waals surface area contributed by atoms with E-state index in [1.54, 1.807) is 19.9 Å². The maximum atomic E-state index is 13.7. The van der Waals surface area contributed by atoms with E-state index in [0.717, 1.165) is 0 Å². The molecule has 7 heteroatoms. The van der Waals surface area contributed by atoms with E-state index < -0.39 is 11.8 Å². The molecule has 0 aliphatic rings. The van der Waals surface area contributed by atoms with E-state index in [1.165, 1.54) is 12.1 Å². The predicted molar refractivity (Wildman–Crippen MR) is 72.6 cm³/mol. The summed E-state index contributed by atoms with van der Waals surface area (Å²) >= 11 is 3.12. The minimum Gasteiger partial charge on any atom is -0.477 e. The molecule has 1 heterocycles. The summed E-state index contributed by atoms with van der Waals surface area (Å²) in [6, 6.07) is 4.17. The molecule has 0 saturated carbocycles. The fraction of sp³-hybridized carbons (Fsp3) is 0.154. The Morgan fingerprint density at radius 3 is 2.65 bits per heavy atom. The minimum absolute atomic E-state index is 0.117. The maximum Gasteiger partial charge on any atom is 0.341 e. The molecular weight excluding hydrogens is 331 g/mol. The van der Waals surface area contributed by atoms with Crippen molar-refractivity contribution in [2.45, 2.75) is 13.8 Å². The highest BCUT2D eigenvalue weighted by molar-refractivity contribution is 9.10. The van der Waals surface area contributed by atoms with Gasteiger partial charge in [-0.15, -0.1) is 5.10 Å². The fourth-order valence-electron chi connectivity index (χ4n) is 1.57. The number of rotatable bonds is 3. The smallest absolute Gasteiger partial charge is 0.341 e. The number of benzene rings is 1. The molecule has 0 aliphatic carbocycles.